The highest BCUT2D eigenvalue weighted by atomic mass is 15.3. The van der Waals surface area contributed by atoms with E-state index >= 15 is 0 Å². The van der Waals surface area contributed by atoms with Crippen LogP contribution in [0.1, 0.15) is 45.4 Å². The van der Waals surface area contributed by atoms with Crippen molar-refractivity contribution in [2.24, 2.45) is 7.05 Å². The van der Waals surface area contributed by atoms with Crippen molar-refractivity contribution >= 4 is 0 Å². The van der Waals surface area contributed by atoms with Gasteiger partial charge in [-0.2, -0.15) is 5.10 Å². The summed E-state index contributed by atoms with van der Waals surface area (Å²) in [4.78, 5) is 0. The summed E-state index contributed by atoms with van der Waals surface area (Å²) < 4.78 is 1.87. The van der Waals surface area contributed by atoms with Crippen LogP contribution >= 0.6 is 0 Å². The van der Waals surface area contributed by atoms with E-state index in [9.17, 15) is 0 Å². The van der Waals surface area contributed by atoms with Crippen LogP contribution in [0.2, 0.25) is 0 Å². The SMILES string of the molecule is C#CC(CC)NCc1cn(C)nc1C(C)(C)C. The Hall–Kier alpha value is -1.27. The van der Waals surface area contributed by atoms with Crippen molar-refractivity contribution < 1.29 is 0 Å². The summed E-state index contributed by atoms with van der Waals surface area (Å²) >= 11 is 0. The van der Waals surface area contributed by atoms with Crippen molar-refractivity contribution in [2.75, 3.05) is 0 Å². The lowest BCUT2D eigenvalue weighted by molar-refractivity contribution is 0.536. The molecule has 0 aliphatic rings. The molecule has 0 aliphatic carbocycles. The first kappa shape index (κ1) is 13.8. The van der Waals surface area contributed by atoms with E-state index < -0.39 is 0 Å². The van der Waals surface area contributed by atoms with Gasteiger partial charge in [0.2, 0.25) is 0 Å². The fourth-order valence-corrected chi connectivity index (χ4v) is 1.85. The highest BCUT2D eigenvalue weighted by molar-refractivity contribution is 5.24. The predicted molar refractivity (Wildman–Crippen MR) is 71.7 cm³/mol. The fraction of sp³-hybridized carbons (Fsp3) is 0.643. The largest absolute Gasteiger partial charge is 0.299 e. The van der Waals surface area contributed by atoms with Crippen molar-refractivity contribution in [1.82, 2.24) is 15.1 Å². The zero-order valence-electron chi connectivity index (χ0n) is 11.5. The molecule has 0 saturated carbocycles. The second kappa shape index (κ2) is 5.37. The minimum atomic E-state index is 0.0656. The molecule has 1 rings (SSSR count). The molecule has 1 aromatic heterocycles. The molecule has 0 saturated heterocycles. The Kier molecular flexibility index (Phi) is 4.36. The third-order valence-electron chi connectivity index (χ3n) is 2.76. The highest BCUT2D eigenvalue weighted by Gasteiger charge is 2.21. The number of nitrogens with one attached hydrogen (secondary N) is 1. The average Bonchev–Trinajstić information content (AvgIpc) is 2.61. The Bertz CT molecular complexity index is 404. The first-order valence-corrected chi connectivity index (χ1v) is 6.11. The van der Waals surface area contributed by atoms with Gasteiger partial charge in [-0.05, 0) is 6.42 Å². The Balaban J connectivity index is 2.82. The molecular formula is C14H23N3. The van der Waals surface area contributed by atoms with E-state index in [0.29, 0.717) is 0 Å². The molecule has 0 fully saturated rings. The minimum absolute atomic E-state index is 0.0656. The summed E-state index contributed by atoms with van der Waals surface area (Å²) in [5.41, 5.74) is 2.43. The van der Waals surface area contributed by atoms with Crippen molar-refractivity contribution in [3.8, 4) is 12.3 Å². The third kappa shape index (κ3) is 3.61. The Morgan fingerprint density at radius 2 is 2.18 bits per heavy atom. The van der Waals surface area contributed by atoms with Crippen molar-refractivity contribution in [2.45, 2.75) is 52.1 Å². The van der Waals surface area contributed by atoms with Gasteiger partial charge in [-0.15, -0.1) is 6.42 Å². The summed E-state index contributed by atoms with van der Waals surface area (Å²) in [5.74, 6) is 2.75. The number of hydrogen-bond donors (Lipinski definition) is 1. The summed E-state index contributed by atoms with van der Waals surface area (Å²) in [6, 6.07) is 0.142. The van der Waals surface area contributed by atoms with Gasteiger partial charge in [0.1, 0.15) is 0 Å². The predicted octanol–water partition coefficient (Wildman–Crippen LogP) is 2.22. The number of hydrogen-bond acceptors (Lipinski definition) is 2. The molecule has 1 aromatic rings. The molecule has 94 valence electrons. The van der Waals surface area contributed by atoms with Crippen molar-refractivity contribution in [3.05, 3.63) is 17.5 Å². The molecule has 1 atom stereocenters. The van der Waals surface area contributed by atoms with E-state index in [2.05, 4.69) is 50.2 Å². The van der Waals surface area contributed by atoms with Gasteiger partial charge < -0.3 is 0 Å². The zero-order chi connectivity index (χ0) is 13.1. The topological polar surface area (TPSA) is 29.9 Å². The van der Waals surface area contributed by atoms with E-state index in [1.54, 1.807) is 0 Å². The maximum atomic E-state index is 5.44. The van der Waals surface area contributed by atoms with Crippen LogP contribution in [0.15, 0.2) is 6.20 Å². The van der Waals surface area contributed by atoms with E-state index in [4.69, 9.17) is 6.42 Å². The molecule has 1 unspecified atom stereocenters. The summed E-state index contributed by atoms with van der Waals surface area (Å²) in [7, 11) is 1.96. The molecule has 1 heterocycles. The maximum absolute atomic E-state index is 5.44. The number of nitrogens with zero attached hydrogens (tertiary/aromatic N) is 2. The van der Waals surface area contributed by atoms with Crippen LogP contribution in [-0.4, -0.2) is 15.8 Å². The summed E-state index contributed by atoms with van der Waals surface area (Å²) in [6.45, 7) is 9.40. The first-order valence-electron chi connectivity index (χ1n) is 6.11. The van der Waals surface area contributed by atoms with E-state index in [0.717, 1.165) is 18.7 Å². The van der Waals surface area contributed by atoms with E-state index in [1.807, 2.05) is 11.7 Å². The minimum Gasteiger partial charge on any atom is -0.299 e. The molecule has 0 aromatic carbocycles. The first-order chi connectivity index (χ1) is 7.88. The number of terminal acetylenes is 1. The average molecular weight is 233 g/mol. The molecule has 0 spiro atoms. The van der Waals surface area contributed by atoms with Gasteiger partial charge in [-0.25, -0.2) is 0 Å². The van der Waals surface area contributed by atoms with Crippen LogP contribution in [0.5, 0.6) is 0 Å². The van der Waals surface area contributed by atoms with Crippen LogP contribution in [0.3, 0.4) is 0 Å². The van der Waals surface area contributed by atoms with Crippen LogP contribution in [-0.2, 0) is 19.0 Å². The lowest BCUT2D eigenvalue weighted by Gasteiger charge is -2.18. The van der Waals surface area contributed by atoms with Gasteiger partial charge >= 0.3 is 0 Å². The summed E-state index contributed by atoms with van der Waals surface area (Å²) in [5, 5.41) is 7.91. The van der Waals surface area contributed by atoms with Gasteiger partial charge in [0.25, 0.3) is 0 Å². The molecule has 0 aliphatic heterocycles. The molecule has 0 radical (unpaired) electrons. The van der Waals surface area contributed by atoms with Gasteiger partial charge in [0.15, 0.2) is 0 Å². The lowest BCUT2D eigenvalue weighted by atomic mass is 9.89. The Morgan fingerprint density at radius 3 is 2.65 bits per heavy atom. The lowest BCUT2D eigenvalue weighted by Crippen LogP contribution is -2.27. The molecule has 3 nitrogen and oxygen atoms in total. The monoisotopic (exact) mass is 233 g/mol. The highest BCUT2D eigenvalue weighted by Crippen LogP contribution is 2.24. The van der Waals surface area contributed by atoms with Crippen molar-refractivity contribution in [1.29, 1.82) is 0 Å². The maximum Gasteiger partial charge on any atom is 0.0722 e. The van der Waals surface area contributed by atoms with Crippen LogP contribution in [0.25, 0.3) is 0 Å². The molecule has 3 heteroatoms. The molecule has 0 bridgehead atoms. The standard InChI is InChI=1S/C14H23N3/c1-7-12(8-2)15-9-11-10-17(6)16-13(11)14(3,4)5/h1,10,12,15H,8-9H2,2-6H3. The number of aromatic nitrogens is 2. The van der Waals surface area contributed by atoms with Gasteiger partial charge in [0, 0.05) is 30.8 Å². The third-order valence-corrected chi connectivity index (χ3v) is 2.76. The van der Waals surface area contributed by atoms with Gasteiger partial charge in [-0.1, -0.05) is 33.6 Å². The van der Waals surface area contributed by atoms with Crippen LogP contribution in [0, 0.1) is 12.3 Å². The number of rotatable bonds is 4. The van der Waals surface area contributed by atoms with Gasteiger partial charge in [0.05, 0.1) is 11.7 Å². The molecule has 0 amide bonds. The van der Waals surface area contributed by atoms with E-state index in [-0.39, 0.29) is 11.5 Å². The summed E-state index contributed by atoms with van der Waals surface area (Å²) in [6.07, 6.45) is 8.46. The van der Waals surface area contributed by atoms with Crippen LogP contribution < -0.4 is 5.32 Å². The normalized spacial score (nSPS) is 13.4. The van der Waals surface area contributed by atoms with Gasteiger partial charge in [-0.3, -0.25) is 10.00 Å². The molecular weight excluding hydrogens is 210 g/mol. The van der Waals surface area contributed by atoms with E-state index in [1.165, 1.54) is 5.56 Å². The second-order valence-electron chi connectivity index (χ2n) is 5.44. The van der Waals surface area contributed by atoms with Crippen molar-refractivity contribution in [3.63, 3.8) is 0 Å². The zero-order valence-corrected chi connectivity index (χ0v) is 11.5. The Morgan fingerprint density at radius 1 is 1.53 bits per heavy atom. The smallest absolute Gasteiger partial charge is 0.0722 e. The van der Waals surface area contributed by atoms with Crippen LogP contribution in [0.4, 0.5) is 0 Å². The fourth-order valence-electron chi connectivity index (χ4n) is 1.85. The molecule has 17 heavy (non-hydrogen) atoms. The number of aryl methyl sites for hydroxylation is 1. The Labute approximate surface area is 105 Å². The molecule has 1 N–H and O–H groups in total. The second-order valence-corrected chi connectivity index (χ2v) is 5.44. The quantitative estimate of drug-likeness (QED) is 0.808.